The van der Waals surface area contributed by atoms with Gasteiger partial charge in [-0.25, -0.2) is 18.4 Å². The number of nitrogens with zero attached hydrogens (tertiary/aromatic N) is 4. The number of carbonyl (C=O) groups excluding carboxylic acids is 1. The lowest BCUT2D eigenvalue weighted by atomic mass is 9.80. The van der Waals surface area contributed by atoms with E-state index in [-0.39, 0.29) is 23.3 Å². The SMILES string of the molecule is CC(C)(C)OC(=O)N1CCC(N=S2(=O)CCN(c3ccc(B4OC(C)(C)C(C)(C)O4)cn3)CC2)CC1. The maximum absolute atomic E-state index is 13.5. The summed E-state index contributed by atoms with van der Waals surface area (Å²) >= 11 is 0. The zero-order chi connectivity index (χ0) is 26.4. The summed E-state index contributed by atoms with van der Waals surface area (Å²) in [5, 5.41) is 0. The van der Waals surface area contributed by atoms with E-state index in [9.17, 15) is 9.00 Å². The summed E-state index contributed by atoms with van der Waals surface area (Å²) in [5.74, 6) is 1.92. The fourth-order valence-corrected chi connectivity index (χ4v) is 6.69. The van der Waals surface area contributed by atoms with Crippen LogP contribution in [0.5, 0.6) is 0 Å². The lowest BCUT2D eigenvalue weighted by Crippen LogP contribution is -2.44. The van der Waals surface area contributed by atoms with Crippen molar-refractivity contribution >= 4 is 34.2 Å². The molecule has 36 heavy (non-hydrogen) atoms. The van der Waals surface area contributed by atoms with Gasteiger partial charge in [0.15, 0.2) is 0 Å². The molecule has 4 rings (SSSR count). The lowest BCUT2D eigenvalue weighted by Gasteiger charge is -2.34. The zero-order valence-electron chi connectivity index (χ0n) is 22.8. The topological polar surface area (TPSA) is 93.6 Å². The normalized spacial score (nSPS) is 24.0. The van der Waals surface area contributed by atoms with E-state index in [1.807, 2.05) is 66.8 Å². The predicted molar refractivity (Wildman–Crippen MR) is 143 cm³/mol. The predicted octanol–water partition coefficient (Wildman–Crippen LogP) is 3.07. The molecule has 11 heteroatoms. The summed E-state index contributed by atoms with van der Waals surface area (Å²) in [6.45, 7) is 16.2. The van der Waals surface area contributed by atoms with Crippen LogP contribution >= 0.6 is 0 Å². The van der Waals surface area contributed by atoms with Crippen molar-refractivity contribution in [3.63, 3.8) is 0 Å². The van der Waals surface area contributed by atoms with Gasteiger partial charge >= 0.3 is 13.2 Å². The summed E-state index contributed by atoms with van der Waals surface area (Å²) in [6, 6.07) is 4.01. The highest BCUT2D eigenvalue weighted by atomic mass is 32.2. The van der Waals surface area contributed by atoms with Crippen molar-refractivity contribution in [2.75, 3.05) is 42.6 Å². The molecule has 0 bridgehead atoms. The van der Waals surface area contributed by atoms with Gasteiger partial charge in [0.25, 0.3) is 0 Å². The van der Waals surface area contributed by atoms with Crippen LogP contribution in [0.2, 0.25) is 0 Å². The monoisotopic (exact) mass is 520 g/mol. The molecule has 0 radical (unpaired) electrons. The Kier molecular flexibility index (Phi) is 7.40. The molecule has 1 aromatic heterocycles. The number of aromatic nitrogens is 1. The third kappa shape index (κ3) is 6.16. The number of piperidine rings is 1. The first kappa shape index (κ1) is 27.2. The van der Waals surface area contributed by atoms with Crippen molar-refractivity contribution in [3.05, 3.63) is 18.3 Å². The van der Waals surface area contributed by atoms with E-state index in [1.54, 1.807) is 4.90 Å². The summed E-state index contributed by atoms with van der Waals surface area (Å²) in [4.78, 5) is 20.8. The molecule has 0 N–H and O–H groups in total. The molecule has 1 amide bonds. The maximum Gasteiger partial charge on any atom is 0.496 e. The number of pyridine rings is 1. The van der Waals surface area contributed by atoms with Crippen LogP contribution in [0.3, 0.4) is 0 Å². The van der Waals surface area contributed by atoms with Crippen LogP contribution in [0.4, 0.5) is 10.6 Å². The van der Waals surface area contributed by atoms with Gasteiger partial charge < -0.3 is 23.8 Å². The number of anilines is 1. The van der Waals surface area contributed by atoms with Gasteiger partial charge in [-0.2, -0.15) is 0 Å². The van der Waals surface area contributed by atoms with Gasteiger partial charge in [0, 0.05) is 49.3 Å². The Morgan fingerprint density at radius 2 is 1.67 bits per heavy atom. The van der Waals surface area contributed by atoms with E-state index in [1.165, 1.54) is 0 Å². The Morgan fingerprint density at radius 3 is 2.17 bits per heavy atom. The van der Waals surface area contributed by atoms with Crippen LogP contribution in [0.1, 0.15) is 61.3 Å². The molecule has 3 fully saturated rings. The van der Waals surface area contributed by atoms with Gasteiger partial charge in [-0.15, -0.1) is 0 Å². The minimum absolute atomic E-state index is 0.0278. The molecule has 0 atom stereocenters. The molecule has 9 nitrogen and oxygen atoms in total. The highest BCUT2D eigenvalue weighted by Gasteiger charge is 2.51. The molecule has 3 saturated heterocycles. The van der Waals surface area contributed by atoms with E-state index in [0.717, 1.165) is 24.1 Å². The Balaban J connectivity index is 1.30. The van der Waals surface area contributed by atoms with Gasteiger partial charge in [0.05, 0.1) is 27.0 Å². The van der Waals surface area contributed by atoms with Gasteiger partial charge in [0.2, 0.25) is 0 Å². The van der Waals surface area contributed by atoms with Crippen molar-refractivity contribution in [1.82, 2.24) is 9.88 Å². The van der Waals surface area contributed by atoms with Gasteiger partial charge in [-0.05, 0) is 67.4 Å². The molecule has 0 aliphatic carbocycles. The van der Waals surface area contributed by atoms with Crippen molar-refractivity contribution in [2.24, 2.45) is 4.36 Å². The quantitative estimate of drug-likeness (QED) is 0.566. The van der Waals surface area contributed by atoms with Crippen molar-refractivity contribution in [2.45, 2.75) is 84.2 Å². The second-order valence-electron chi connectivity index (χ2n) is 12.0. The van der Waals surface area contributed by atoms with Gasteiger partial charge in [-0.1, -0.05) is 6.07 Å². The minimum atomic E-state index is -2.26. The third-order valence-electron chi connectivity index (χ3n) is 7.44. The van der Waals surface area contributed by atoms with E-state index >= 15 is 0 Å². The van der Waals surface area contributed by atoms with E-state index in [0.29, 0.717) is 37.7 Å². The second-order valence-corrected chi connectivity index (χ2v) is 14.6. The van der Waals surface area contributed by atoms with E-state index < -0.39 is 22.4 Å². The molecule has 0 saturated carbocycles. The zero-order valence-corrected chi connectivity index (χ0v) is 23.6. The average Bonchev–Trinajstić information content (AvgIpc) is 3.00. The number of hydrogen-bond donors (Lipinski definition) is 0. The Hall–Kier alpha value is -1.85. The van der Waals surface area contributed by atoms with Crippen LogP contribution in [-0.4, -0.2) is 87.8 Å². The molecule has 1 aromatic rings. The summed E-state index contributed by atoms with van der Waals surface area (Å²) < 4.78 is 35.9. The van der Waals surface area contributed by atoms with Crippen LogP contribution in [0.15, 0.2) is 22.7 Å². The summed E-state index contributed by atoms with van der Waals surface area (Å²) in [5.41, 5.74) is -0.388. The van der Waals surface area contributed by atoms with Crippen LogP contribution in [0.25, 0.3) is 0 Å². The highest BCUT2D eigenvalue weighted by molar-refractivity contribution is 7.93. The van der Waals surface area contributed by atoms with Crippen LogP contribution in [-0.2, 0) is 23.8 Å². The molecular formula is C25H41BN4O5S. The molecule has 0 spiro atoms. The fraction of sp³-hybridized carbons (Fsp3) is 0.760. The maximum atomic E-state index is 13.5. The number of carbonyl (C=O) groups is 1. The highest BCUT2D eigenvalue weighted by Crippen LogP contribution is 2.36. The van der Waals surface area contributed by atoms with Crippen molar-refractivity contribution < 1.29 is 23.0 Å². The van der Waals surface area contributed by atoms with Gasteiger partial charge in [-0.3, -0.25) is 0 Å². The Morgan fingerprint density at radius 1 is 1.08 bits per heavy atom. The first-order valence-corrected chi connectivity index (χ1v) is 14.8. The Labute approximate surface area is 216 Å². The molecule has 4 heterocycles. The Bertz CT molecular complexity index is 1040. The molecule has 3 aliphatic rings. The second kappa shape index (κ2) is 9.80. The number of amides is 1. The third-order valence-corrected chi connectivity index (χ3v) is 9.76. The van der Waals surface area contributed by atoms with Crippen LogP contribution in [0, 0.1) is 0 Å². The number of ether oxygens (including phenoxy) is 1. The summed E-state index contributed by atoms with van der Waals surface area (Å²) in [6.07, 6.45) is 2.98. The largest absolute Gasteiger partial charge is 0.496 e. The molecule has 0 aromatic carbocycles. The smallest absolute Gasteiger partial charge is 0.444 e. The molecule has 200 valence electrons. The number of hydrogen-bond acceptors (Lipinski definition) is 8. The lowest BCUT2D eigenvalue weighted by molar-refractivity contribution is 0.00578. The van der Waals surface area contributed by atoms with Crippen LogP contribution < -0.4 is 10.4 Å². The average molecular weight is 521 g/mol. The minimum Gasteiger partial charge on any atom is -0.444 e. The molecule has 0 unspecified atom stereocenters. The van der Waals surface area contributed by atoms with Gasteiger partial charge in [0.1, 0.15) is 11.4 Å². The van der Waals surface area contributed by atoms with Crippen molar-refractivity contribution in [3.8, 4) is 0 Å². The first-order valence-electron chi connectivity index (χ1n) is 12.9. The van der Waals surface area contributed by atoms with E-state index in [2.05, 4.69) is 9.88 Å². The number of likely N-dealkylation sites (tertiary alicyclic amines) is 1. The van der Waals surface area contributed by atoms with E-state index in [4.69, 9.17) is 18.4 Å². The summed E-state index contributed by atoms with van der Waals surface area (Å²) in [7, 11) is -2.70. The number of rotatable bonds is 3. The van der Waals surface area contributed by atoms with Crippen molar-refractivity contribution in [1.29, 1.82) is 0 Å². The standard InChI is InChI=1S/C25H41BN4O5S/c1-23(2,3)33-22(31)30-12-10-20(11-13-30)28-36(32)16-14-29(15-17-36)21-9-8-19(18-27-21)26-34-24(4,5)25(6,7)35-26/h8-9,18,20H,10-17H2,1-7H3. The molecule has 3 aliphatic heterocycles. The molecular weight excluding hydrogens is 479 g/mol. The first-order chi connectivity index (χ1) is 16.7. The fourth-order valence-electron chi connectivity index (χ4n) is 4.51.